The van der Waals surface area contributed by atoms with Crippen molar-refractivity contribution in [2.24, 2.45) is 46.3 Å². The van der Waals surface area contributed by atoms with Gasteiger partial charge in [0.05, 0.1) is 0 Å². The average Bonchev–Trinajstić information content (AvgIpc) is 3.29. The summed E-state index contributed by atoms with van der Waals surface area (Å²) in [6, 6.07) is 0. The number of carbonyl (C=O) groups excluding carboxylic acids is 1. The van der Waals surface area contributed by atoms with E-state index < -0.39 is 0 Å². The summed E-state index contributed by atoms with van der Waals surface area (Å²) in [6.07, 6.45) is 25.3. The second-order valence-corrected chi connectivity index (χ2v) is 15.2. The monoisotopic (exact) mass is 553 g/mol. The van der Waals surface area contributed by atoms with Crippen LogP contribution in [0.25, 0.3) is 0 Å². The van der Waals surface area contributed by atoms with Gasteiger partial charge in [-0.3, -0.25) is 4.79 Å². The molecule has 0 heterocycles. The van der Waals surface area contributed by atoms with Gasteiger partial charge in [-0.05, 0) is 97.7 Å². The number of unbranched alkanes of at least 4 members (excludes halogenated alkanes) is 5. The van der Waals surface area contributed by atoms with Gasteiger partial charge >= 0.3 is 5.97 Å². The van der Waals surface area contributed by atoms with Crippen molar-refractivity contribution >= 4 is 5.97 Å². The maximum Gasteiger partial charge on any atom is 0.306 e. The number of ether oxygens (including phenoxy) is 1. The normalized spacial score (nSPS) is 35.4. The third-order valence-electron chi connectivity index (χ3n) is 12.3. The molecule has 0 unspecified atom stereocenters. The Kier molecular flexibility index (Phi) is 12.7. The van der Waals surface area contributed by atoms with Crippen LogP contribution >= 0.6 is 0 Å². The number of esters is 1. The van der Waals surface area contributed by atoms with Gasteiger partial charge < -0.3 is 4.74 Å². The molecule has 8 atom stereocenters. The molecule has 0 radical (unpaired) electrons. The molecular formula is C37H63NO2. The van der Waals surface area contributed by atoms with Crippen LogP contribution < -0.4 is 0 Å². The molecule has 0 N–H and O–H groups in total. The summed E-state index contributed by atoms with van der Waals surface area (Å²) in [5.74, 6) is 5.34. The van der Waals surface area contributed by atoms with Crippen molar-refractivity contribution in [2.45, 2.75) is 163 Å². The Balaban J connectivity index is 0.00000216. The van der Waals surface area contributed by atoms with Crippen molar-refractivity contribution in [1.29, 1.82) is 5.26 Å². The van der Waals surface area contributed by atoms with E-state index in [4.69, 9.17) is 10.00 Å². The zero-order chi connectivity index (χ0) is 29.3. The van der Waals surface area contributed by atoms with Gasteiger partial charge in [-0.15, -0.1) is 0 Å². The summed E-state index contributed by atoms with van der Waals surface area (Å²) in [4.78, 5) is 12.6. The highest BCUT2D eigenvalue weighted by atomic mass is 16.5. The van der Waals surface area contributed by atoms with E-state index in [0.717, 1.165) is 54.8 Å². The minimum Gasteiger partial charge on any atom is -0.462 e. The van der Waals surface area contributed by atoms with Crippen LogP contribution in [0, 0.1) is 58.2 Å². The average molecular weight is 554 g/mol. The van der Waals surface area contributed by atoms with Crippen LogP contribution in [0.15, 0.2) is 11.6 Å². The number of nitriles is 1. The number of hydrogen-bond acceptors (Lipinski definition) is 3. The fourth-order valence-corrected chi connectivity index (χ4v) is 10.0. The van der Waals surface area contributed by atoms with Gasteiger partial charge in [0, 0.05) is 19.4 Å². The van der Waals surface area contributed by atoms with Crippen LogP contribution in [0.5, 0.6) is 0 Å². The molecule has 40 heavy (non-hydrogen) atoms. The second kappa shape index (κ2) is 15.3. The standard InChI is InChI=1S/C36H62O2.CHN/c1-7-8-9-10-11-12-16-34(37)38-29-21-23-35(5)28(25-29)17-18-30-32-20-19-31(27(4)15-13-14-26(2)3)36(32,6)24-22-33(30)35;1-2/h17,26-27,29-33H,7-16,18-25H2,1-6H3;1H/t27-,29+,30+,31-,32+,33+,35+,36-;/m1./s1. The third-order valence-corrected chi connectivity index (χ3v) is 12.3. The molecule has 3 saturated carbocycles. The van der Waals surface area contributed by atoms with E-state index in [1.165, 1.54) is 89.9 Å². The summed E-state index contributed by atoms with van der Waals surface area (Å²) in [7, 11) is 0. The van der Waals surface area contributed by atoms with E-state index in [-0.39, 0.29) is 12.1 Å². The predicted molar refractivity (Wildman–Crippen MR) is 168 cm³/mol. The third kappa shape index (κ3) is 7.55. The van der Waals surface area contributed by atoms with Crippen LogP contribution in [0.1, 0.15) is 157 Å². The first kappa shape index (κ1) is 33.2. The van der Waals surface area contributed by atoms with Gasteiger partial charge in [0.1, 0.15) is 6.10 Å². The number of carbonyl (C=O) groups is 1. The molecule has 0 amide bonds. The van der Waals surface area contributed by atoms with Crippen LogP contribution in [0.2, 0.25) is 0 Å². The first-order valence-corrected chi connectivity index (χ1v) is 17.3. The second-order valence-electron chi connectivity index (χ2n) is 15.2. The summed E-state index contributed by atoms with van der Waals surface area (Å²) >= 11 is 0. The SMILES string of the molecule is C#N.CCCCCCCCC(=O)O[C@H]1CC[C@@]2(C)C(=CC[C@H]3[C@@H]4CC[C@H]([C@H](C)CCCC(C)C)[C@@]4(C)CC[C@@H]32)C1. The van der Waals surface area contributed by atoms with Gasteiger partial charge in [0.25, 0.3) is 0 Å². The van der Waals surface area contributed by atoms with Crippen molar-refractivity contribution < 1.29 is 9.53 Å². The molecule has 4 aliphatic carbocycles. The Labute approximate surface area is 248 Å². The zero-order valence-electron chi connectivity index (χ0n) is 27.2. The van der Waals surface area contributed by atoms with E-state index in [2.05, 4.69) is 54.2 Å². The molecule has 3 heteroatoms. The topological polar surface area (TPSA) is 50.1 Å². The number of nitrogens with zero attached hydrogens (tertiary/aromatic N) is 1. The first-order valence-electron chi connectivity index (χ1n) is 17.3. The molecule has 0 aromatic heterocycles. The number of fused-ring (bicyclic) bond motifs is 5. The minimum absolute atomic E-state index is 0.0522. The van der Waals surface area contributed by atoms with Crippen LogP contribution in [0.4, 0.5) is 0 Å². The van der Waals surface area contributed by atoms with Crippen molar-refractivity contribution in [2.75, 3.05) is 0 Å². The zero-order valence-corrected chi connectivity index (χ0v) is 27.2. The van der Waals surface area contributed by atoms with Gasteiger partial charge in [0.15, 0.2) is 0 Å². The summed E-state index contributed by atoms with van der Waals surface area (Å²) in [6.45, 7) is 18.4. The lowest BCUT2D eigenvalue weighted by Crippen LogP contribution is -2.51. The number of hydrogen-bond donors (Lipinski definition) is 0. The molecule has 4 aliphatic rings. The van der Waals surface area contributed by atoms with E-state index >= 15 is 0 Å². The molecule has 0 saturated heterocycles. The lowest BCUT2D eigenvalue weighted by Gasteiger charge is -2.58. The van der Waals surface area contributed by atoms with Crippen molar-refractivity contribution in [3.63, 3.8) is 0 Å². The highest BCUT2D eigenvalue weighted by Crippen LogP contribution is 2.67. The summed E-state index contributed by atoms with van der Waals surface area (Å²) in [5, 5.41) is 6.50. The lowest BCUT2D eigenvalue weighted by atomic mass is 9.47. The molecule has 228 valence electrons. The van der Waals surface area contributed by atoms with Gasteiger partial charge in [-0.2, -0.15) is 0 Å². The van der Waals surface area contributed by atoms with Gasteiger partial charge in [-0.1, -0.05) is 105 Å². The number of rotatable bonds is 13. The minimum atomic E-state index is 0.0522. The summed E-state index contributed by atoms with van der Waals surface area (Å²) < 4.78 is 6.04. The molecular weight excluding hydrogens is 490 g/mol. The quantitative estimate of drug-likeness (QED) is 0.129. The van der Waals surface area contributed by atoms with Crippen LogP contribution in [0.3, 0.4) is 0 Å². The number of allylic oxidation sites excluding steroid dienone is 1. The molecule has 0 bridgehead atoms. The van der Waals surface area contributed by atoms with E-state index in [9.17, 15) is 4.79 Å². The van der Waals surface area contributed by atoms with E-state index in [1.54, 1.807) is 5.57 Å². The fraction of sp³-hybridized carbons (Fsp3) is 0.892. The van der Waals surface area contributed by atoms with Crippen molar-refractivity contribution in [1.82, 2.24) is 0 Å². The Morgan fingerprint density at radius 1 is 0.950 bits per heavy atom. The highest BCUT2D eigenvalue weighted by Gasteiger charge is 2.59. The van der Waals surface area contributed by atoms with Gasteiger partial charge in [0.2, 0.25) is 0 Å². The Morgan fingerprint density at radius 2 is 1.68 bits per heavy atom. The largest absolute Gasteiger partial charge is 0.462 e. The predicted octanol–water partition coefficient (Wildman–Crippen LogP) is 10.8. The van der Waals surface area contributed by atoms with Gasteiger partial charge in [-0.25, -0.2) is 5.26 Å². The van der Waals surface area contributed by atoms with E-state index in [1.807, 2.05) is 0 Å². The van der Waals surface area contributed by atoms with Crippen molar-refractivity contribution in [3.05, 3.63) is 11.6 Å². The van der Waals surface area contributed by atoms with E-state index in [0.29, 0.717) is 17.3 Å². The molecule has 3 fully saturated rings. The highest BCUT2D eigenvalue weighted by molar-refractivity contribution is 5.69. The maximum absolute atomic E-state index is 12.6. The molecule has 4 rings (SSSR count). The fourth-order valence-electron chi connectivity index (χ4n) is 10.0. The molecule has 0 aromatic rings. The molecule has 0 spiro atoms. The summed E-state index contributed by atoms with van der Waals surface area (Å²) in [5.41, 5.74) is 2.54. The molecule has 0 aliphatic heterocycles. The van der Waals surface area contributed by atoms with Crippen molar-refractivity contribution in [3.8, 4) is 6.57 Å². The molecule has 0 aromatic carbocycles. The van der Waals surface area contributed by atoms with Crippen LogP contribution in [-0.2, 0) is 9.53 Å². The van der Waals surface area contributed by atoms with Crippen LogP contribution in [-0.4, -0.2) is 12.1 Å². The maximum atomic E-state index is 12.6. The Bertz CT molecular complexity index is 844. The molecule has 3 nitrogen and oxygen atoms in total. The Hall–Kier alpha value is -1.30. The lowest BCUT2D eigenvalue weighted by molar-refractivity contribution is -0.151. The Morgan fingerprint density at radius 3 is 2.40 bits per heavy atom. The first-order chi connectivity index (χ1) is 19.2. The smallest absolute Gasteiger partial charge is 0.306 e.